The highest BCUT2D eigenvalue weighted by Crippen LogP contribution is 2.29. The number of ether oxygens (including phenoxy) is 2. The number of Topliss-reactive ketones (excluding diaryl/α,β-unsaturated/α-hetero) is 1. The van der Waals surface area contributed by atoms with Crippen LogP contribution in [-0.4, -0.2) is 28.4 Å². The number of benzene rings is 1. The highest BCUT2D eigenvalue weighted by molar-refractivity contribution is 6.02. The van der Waals surface area contributed by atoms with Crippen molar-refractivity contribution in [1.29, 1.82) is 0 Å². The fourth-order valence-electron chi connectivity index (χ4n) is 1.96. The molecule has 0 aliphatic carbocycles. The molecule has 6 nitrogen and oxygen atoms in total. The molecule has 6 heteroatoms. The van der Waals surface area contributed by atoms with Crippen LogP contribution in [0, 0.1) is 0 Å². The summed E-state index contributed by atoms with van der Waals surface area (Å²) in [5.41, 5.74) is 1.30. The lowest BCUT2D eigenvalue weighted by Gasteiger charge is -2.07. The van der Waals surface area contributed by atoms with Crippen molar-refractivity contribution in [3.63, 3.8) is 0 Å². The number of aromatic nitrogens is 1. The Morgan fingerprint density at radius 2 is 2.19 bits per heavy atom. The molecule has 3 rings (SSSR count). The summed E-state index contributed by atoms with van der Waals surface area (Å²) in [7, 11) is 0. The molecule has 0 saturated carbocycles. The summed E-state index contributed by atoms with van der Waals surface area (Å²) in [6.07, 6.45) is 1.28. The average Bonchev–Trinajstić information content (AvgIpc) is 2.86. The minimum absolute atomic E-state index is 0.0394. The van der Waals surface area contributed by atoms with Crippen molar-refractivity contribution in [2.75, 3.05) is 6.61 Å². The molecule has 0 saturated heterocycles. The van der Waals surface area contributed by atoms with Crippen molar-refractivity contribution in [2.45, 2.75) is 6.61 Å². The van der Waals surface area contributed by atoms with Crippen molar-refractivity contribution >= 4 is 11.8 Å². The normalized spacial score (nSPS) is 12.7. The second-order valence-corrected chi connectivity index (χ2v) is 4.50. The lowest BCUT2D eigenvalue weighted by atomic mass is 10.1. The van der Waals surface area contributed by atoms with Crippen LogP contribution in [0.5, 0.6) is 11.5 Å². The Kier molecular flexibility index (Phi) is 3.27. The van der Waals surface area contributed by atoms with Crippen molar-refractivity contribution in [3.8, 4) is 11.5 Å². The number of pyridine rings is 1. The highest BCUT2D eigenvalue weighted by atomic mass is 16.5. The monoisotopic (exact) mass is 285 g/mol. The van der Waals surface area contributed by atoms with Crippen LogP contribution in [-0.2, 0) is 6.61 Å². The van der Waals surface area contributed by atoms with Crippen molar-refractivity contribution in [1.82, 2.24) is 4.98 Å². The molecule has 0 atom stereocenters. The van der Waals surface area contributed by atoms with Gasteiger partial charge in [0.2, 0.25) is 5.78 Å². The molecule has 1 N–H and O–H groups in total. The number of hydrogen-bond acceptors (Lipinski definition) is 5. The van der Waals surface area contributed by atoms with E-state index in [1.54, 1.807) is 24.3 Å². The Balaban J connectivity index is 1.68. The van der Waals surface area contributed by atoms with Crippen LogP contribution < -0.4 is 9.47 Å². The molecule has 0 bridgehead atoms. The number of ketones is 1. The van der Waals surface area contributed by atoms with E-state index in [0.29, 0.717) is 22.8 Å². The van der Waals surface area contributed by atoms with E-state index in [9.17, 15) is 9.59 Å². The SMILES string of the molecule is O=C(O)c1ccc(COc2ccc3c(c2)OCC3=O)nc1. The molecule has 0 fully saturated rings. The predicted octanol–water partition coefficient (Wildman–Crippen LogP) is 1.93. The predicted molar refractivity (Wildman–Crippen MR) is 71.8 cm³/mol. The van der Waals surface area contributed by atoms with Gasteiger partial charge in [-0.05, 0) is 24.3 Å². The molecule has 21 heavy (non-hydrogen) atoms. The highest BCUT2D eigenvalue weighted by Gasteiger charge is 2.21. The maximum absolute atomic E-state index is 11.4. The summed E-state index contributed by atoms with van der Waals surface area (Å²) >= 11 is 0. The third kappa shape index (κ3) is 2.69. The van der Waals surface area contributed by atoms with E-state index in [4.69, 9.17) is 14.6 Å². The van der Waals surface area contributed by atoms with Gasteiger partial charge in [-0.3, -0.25) is 9.78 Å². The quantitative estimate of drug-likeness (QED) is 0.923. The number of rotatable bonds is 4. The molecule has 0 radical (unpaired) electrons. The summed E-state index contributed by atoms with van der Waals surface area (Å²) < 4.78 is 10.8. The van der Waals surface area contributed by atoms with Crippen molar-refractivity contribution < 1.29 is 24.2 Å². The fourth-order valence-corrected chi connectivity index (χ4v) is 1.96. The van der Waals surface area contributed by atoms with Gasteiger partial charge >= 0.3 is 5.97 Å². The fraction of sp³-hybridized carbons (Fsp3) is 0.133. The minimum atomic E-state index is -1.02. The van der Waals surface area contributed by atoms with Gasteiger partial charge in [0.25, 0.3) is 0 Å². The molecular formula is C15H11NO5. The zero-order chi connectivity index (χ0) is 14.8. The van der Waals surface area contributed by atoms with Gasteiger partial charge in [-0.2, -0.15) is 0 Å². The van der Waals surface area contributed by atoms with E-state index in [0.717, 1.165) is 0 Å². The first-order chi connectivity index (χ1) is 10.1. The number of hydrogen-bond donors (Lipinski definition) is 1. The third-order valence-electron chi connectivity index (χ3n) is 3.07. The van der Waals surface area contributed by atoms with Crippen molar-refractivity contribution in [2.24, 2.45) is 0 Å². The first-order valence-corrected chi connectivity index (χ1v) is 6.24. The number of aromatic carboxylic acids is 1. The van der Waals surface area contributed by atoms with E-state index < -0.39 is 5.97 Å². The zero-order valence-corrected chi connectivity index (χ0v) is 10.9. The summed E-state index contributed by atoms with van der Waals surface area (Å²) in [5, 5.41) is 8.78. The molecule has 0 amide bonds. The minimum Gasteiger partial charge on any atom is -0.487 e. The van der Waals surface area contributed by atoms with Gasteiger partial charge in [-0.25, -0.2) is 4.79 Å². The summed E-state index contributed by atoms with van der Waals surface area (Å²) in [5.74, 6) is 0.0251. The summed E-state index contributed by atoms with van der Waals surface area (Å²) in [6.45, 7) is 0.267. The van der Waals surface area contributed by atoms with Gasteiger partial charge in [-0.15, -0.1) is 0 Å². The zero-order valence-electron chi connectivity index (χ0n) is 10.9. The molecule has 1 aromatic heterocycles. The van der Waals surface area contributed by atoms with Gasteiger partial charge in [0.15, 0.2) is 6.61 Å². The van der Waals surface area contributed by atoms with E-state index in [1.807, 2.05) is 0 Å². The standard InChI is InChI=1S/C15H11NO5/c17-13-8-21-14-5-11(3-4-12(13)14)20-7-10-2-1-9(6-16-10)15(18)19/h1-6H,7-8H2,(H,18,19). The van der Waals surface area contributed by atoms with Gasteiger partial charge in [-0.1, -0.05) is 0 Å². The van der Waals surface area contributed by atoms with Crippen LogP contribution in [0.15, 0.2) is 36.5 Å². The average molecular weight is 285 g/mol. The molecule has 1 aromatic carbocycles. The maximum Gasteiger partial charge on any atom is 0.337 e. The molecule has 1 aliphatic heterocycles. The van der Waals surface area contributed by atoms with E-state index in [-0.39, 0.29) is 24.6 Å². The number of carboxylic acids is 1. The second-order valence-electron chi connectivity index (χ2n) is 4.50. The largest absolute Gasteiger partial charge is 0.487 e. The van der Waals surface area contributed by atoms with Crippen LogP contribution >= 0.6 is 0 Å². The Morgan fingerprint density at radius 1 is 1.33 bits per heavy atom. The lowest BCUT2D eigenvalue weighted by molar-refractivity contribution is 0.0696. The second kappa shape index (κ2) is 5.24. The van der Waals surface area contributed by atoms with Gasteiger partial charge in [0, 0.05) is 12.3 Å². The van der Waals surface area contributed by atoms with E-state index >= 15 is 0 Å². The number of carbonyl (C=O) groups excluding carboxylic acids is 1. The van der Waals surface area contributed by atoms with Crippen LogP contribution in [0.3, 0.4) is 0 Å². The van der Waals surface area contributed by atoms with Crippen LogP contribution in [0.1, 0.15) is 26.4 Å². The molecule has 1 aliphatic rings. The molecule has 2 aromatic rings. The Morgan fingerprint density at radius 3 is 2.90 bits per heavy atom. The lowest BCUT2D eigenvalue weighted by Crippen LogP contribution is -2.01. The topological polar surface area (TPSA) is 85.7 Å². The number of nitrogens with zero attached hydrogens (tertiary/aromatic N) is 1. The Bertz CT molecular complexity index is 709. The van der Waals surface area contributed by atoms with Gasteiger partial charge in [0.05, 0.1) is 16.8 Å². The molecule has 106 valence electrons. The number of fused-ring (bicyclic) bond motifs is 1. The van der Waals surface area contributed by atoms with Crippen LogP contribution in [0.2, 0.25) is 0 Å². The first-order valence-electron chi connectivity index (χ1n) is 6.24. The molecule has 2 heterocycles. The van der Waals surface area contributed by atoms with E-state index in [2.05, 4.69) is 4.98 Å². The third-order valence-corrected chi connectivity index (χ3v) is 3.07. The van der Waals surface area contributed by atoms with Crippen LogP contribution in [0.4, 0.5) is 0 Å². The van der Waals surface area contributed by atoms with Crippen molar-refractivity contribution in [3.05, 3.63) is 53.3 Å². The Hall–Kier alpha value is -2.89. The van der Waals surface area contributed by atoms with Gasteiger partial charge in [0.1, 0.15) is 18.1 Å². The molecule has 0 unspecified atom stereocenters. The Labute approximate surface area is 120 Å². The smallest absolute Gasteiger partial charge is 0.337 e. The number of carbonyl (C=O) groups is 2. The summed E-state index contributed by atoms with van der Waals surface area (Å²) in [4.78, 5) is 26.1. The maximum atomic E-state index is 11.4. The van der Waals surface area contributed by atoms with Crippen LogP contribution in [0.25, 0.3) is 0 Å². The first kappa shape index (κ1) is 13.1. The number of carboxylic acid groups (broad SMARTS) is 1. The summed E-state index contributed by atoms with van der Waals surface area (Å²) in [6, 6.07) is 8.08. The van der Waals surface area contributed by atoms with Gasteiger partial charge < -0.3 is 14.6 Å². The molecule has 0 spiro atoms. The van der Waals surface area contributed by atoms with E-state index in [1.165, 1.54) is 12.3 Å². The molecular weight excluding hydrogens is 274 g/mol.